The highest BCUT2D eigenvalue weighted by Crippen LogP contribution is 2.15. The van der Waals surface area contributed by atoms with E-state index in [-0.39, 0.29) is 42.7 Å². The van der Waals surface area contributed by atoms with Crippen LogP contribution >= 0.6 is 24.0 Å². The number of ether oxygens (including phenoxy) is 2. The Labute approximate surface area is 201 Å². The normalized spacial score (nSPS) is 19.3. The lowest BCUT2D eigenvalue weighted by molar-refractivity contribution is -0.0390. The third-order valence-corrected chi connectivity index (χ3v) is 5.65. The summed E-state index contributed by atoms with van der Waals surface area (Å²) in [6, 6.07) is 8.63. The molecule has 176 valence electrons. The van der Waals surface area contributed by atoms with Gasteiger partial charge in [0.1, 0.15) is 0 Å². The molecular formula is C22H35F2IN4O2. The van der Waals surface area contributed by atoms with Crippen molar-refractivity contribution >= 4 is 29.9 Å². The van der Waals surface area contributed by atoms with Gasteiger partial charge in [-0.3, -0.25) is 9.89 Å². The van der Waals surface area contributed by atoms with Gasteiger partial charge < -0.3 is 20.1 Å². The van der Waals surface area contributed by atoms with Crippen molar-refractivity contribution in [3.8, 4) is 0 Å². The molecule has 31 heavy (non-hydrogen) atoms. The first-order valence-electron chi connectivity index (χ1n) is 10.9. The highest BCUT2D eigenvalue weighted by atomic mass is 127. The van der Waals surface area contributed by atoms with E-state index in [4.69, 9.17) is 9.47 Å². The fourth-order valence-electron chi connectivity index (χ4n) is 3.91. The zero-order chi connectivity index (χ0) is 21.2. The van der Waals surface area contributed by atoms with Crippen LogP contribution in [0.25, 0.3) is 0 Å². The molecule has 0 spiro atoms. The van der Waals surface area contributed by atoms with Gasteiger partial charge in [0.15, 0.2) is 5.96 Å². The molecule has 0 aromatic heterocycles. The molecule has 2 aliphatic heterocycles. The van der Waals surface area contributed by atoms with E-state index >= 15 is 0 Å². The molecule has 9 heteroatoms. The summed E-state index contributed by atoms with van der Waals surface area (Å²) >= 11 is 0. The van der Waals surface area contributed by atoms with Crippen LogP contribution in [-0.2, 0) is 22.6 Å². The van der Waals surface area contributed by atoms with Crippen molar-refractivity contribution in [1.82, 2.24) is 15.5 Å². The number of likely N-dealkylation sites (tertiary alicyclic amines) is 1. The molecule has 2 heterocycles. The van der Waals surface area contributed by atoms with E-state index in [0.29, 0.717) is 26.2 Å². The first-order chi connectivity index (χ1) is 14.6. The maximum atomic E-state index is 12.5. The molecule has 0 amide bonds. The molecule has 2 fully saturated rings. The number of alkyl halides is 2. The Hall–Kier alpha value is -1.04. The number of hydrogen-bond donors (Lipinski definition) is 2. The van der Waals surface area contributed by atoms with Gasteiger partial charge in [-0.05, 0) is 36.8 Å². The lowest BCUT2D eigenvalue weighted by Crippen LogP contribution is -2.49. The quantitative estimate of drug-likeness (QED) is 0.294. The predicted molar refractivity (Wildman–Crippen MR) is 129 cm³/mol. The van der Waals surface area contributed by atoms with Crippen molar-refractivity contribution in [3.63, 3.8) is 0 Å². The monoisotopic (exact) mass is 552 g/mol. The van der Waals surface area contributed by atoms with Gasteiger partial charge in [-0.1, -0.05) is 24.3 Å². The Morgan fingerprint density at radius 1 is 1.19 bits per heavy atom. The van der Waals surface area contributed by atoms with Gasteiger partial charge in [0.25, 0.3) is 6.43 Å². The van der Waals surface area contributed by atoms with E-state index in [1.54, 1.807) is 7.05 Å². The number of rotatable bonds is 8. The smallest absolute Gasteiger partial charge is 0.251 e. The molecule has 0 aliphatic carbocycles. The number of aliphatic imine (C=N–C) groups is 1. The zero-order valence-corrected chi connectivity index (χ0v) is 20.5. The van der Waals surface area contributed by atoms with E-state index in [0.717, 1.165) is 56.0 Å². The van der Waals surface area contributed by atoms with Crippen LogP contribution in [0.15, 0.2) is 29.3 Å². The maximum Gasteiger partial charge on any atom is 0.251 e. The molecule has 3 rings (SSSR count). The van der Waals surface area contributed by atoms with Gasteiger partial charge >= 0.3 is 0 Å². The summed E-state index contributed by atoms with van der Waals surface area (Å²) in [6.45, 7) is 4.09. The molecule has 2 aliphatic rings. The molecule has 0 radical (unpaired) electrons. The van der Waals surface area contributed by atoms with Gasteiger partial charge in [-0.25, -0.2) is 8.78 Å². The molecule has 1 aromatic carbocycles. The van der Waals surface area contributed by atoms with Gasteiger partial charge in [-0.2, -0.15) is 0 Å². The van der Waals surface area contributed by atoms with Crippen molar-refractivity contribution < 1.29 is 18.3 Å². The number of nitrogens with zero attached hydrogens (tertiary/aromatic N) is 2. The fourth-order valence-corrected chi connectivity index (χ4v) is 3.91. The summed E-state index contributed by atoms with van der Waals surface area (Å²) in [5.41, 5.74) is 2.33. The summed E-state index contributed by atoms with van der Waals surface area (Å²) < 4.78 is 36.4. The van der Waals surface area contributed by atoms with E-state index in [1.165, 1.54) is 0 Å². The number of piperidine rings is 1. The highest BCUT2D eigenvalue weighted by molar-refractivity contribution is 14.0. The molecule has 0 saturated carbocycles. The number of guanidine groups is 1. The second-order valence-corrected chi connectivity index (χ2v) is 7.98. The van der Waals surface area contributed by atoms with E-state index < -0.39 is 6.43 Å². The van der Waals surface area contributed by atoms with Crippen LogP contribution in [0.4, 0.5) is 8.78 Å². The standard InChI is InChI=1S/C22H34F2N4O2.HI/c1-25-22(27-19-5-9-28(10-6-19)15-21(23)24)26-14-17-3-2-4-18(13-17)16-30-20-7-11-29-12-8-20;/h2-4,13,19-21H,5-12,14-16H2,1H3,(H2,25,26,27);1H. The molecule has 0 unspecified atom stereocenters. The Bertz CT molecular complexity index is 667. The van der Waals surface area contributed by atoms with Gasteiger partial charge in [-0.15, -0.1) is 24.0 Å². The molecule has 6 nitrogen and oxygen atoms in total. The largest absolute Gasteiger partial charge is 0.381 e. The lowest BCUT2D eigenvalue weighted by atomic mass is 10.1. The molecule has 0 bridgehead atoms. The van der Waals surface area contributed by atoms with Crippen LogP contribution < -0.4 is 10.6 Å². The Morgan fingerprint density at radius 2 is 1.90 bits per heavy atom. The van der Waals surface area contributed by atoms with Crippen LogP contribution in [0.3, 0.4) is 0 Å². The fraction of sp³-hybridized carbons (Fsp3) is 0.682. The number of hydrogen-bond acceptors (Lipinski definition) is 4. The molecular weight excluding hydrogens is 517 g/mol. The van der Waals surface area contributed by atoms with Crippen LogP contribution in [0, 0.1) is 0 Å². The van der Waals surface area contributed by atoms with Crippen molar-refractivity contribution in [3.05, 3.63) is 35.4 Å². The van der Waals surface area contributed by atoms with Gasteiger partial charge in [0.2, 0.25) is 0 Å². The first-order valence-corrected chi connectivity index (χ1v) is 10.9. The maximum absolute atomic E-state index is 12.5. The molecule has 1 aromatic rings. The highest BCUT2D eigenvalue weighted by Gasteiger charge is 2.22. The van der Waals surface area contributed by atoms with Crippen molar-refractivity contribution in [2.24, 2.45) is 4.99 Å². The SMILES string of the molecule is CN=C(NCc1cccc(COC2CCOCC2)c1)NC1CCN(CC(F)F)CC1.I. The van der Waals surface area contributed by atoms with Crippen molar-refractivity contribution in [1.29, 1.82) is 0 Å². The van der Waals surface area contributed by atoms with Crippen LogP contribution in [0.5, 0.6) is 0 Å². The number of halogens is 3. The Morgan fingerprint density at radius 3 is 2.58 bits per heavy atom. The average molecular weight is 552 g/mol. The summed E-state index contributed by atoms with van der Waals surface area (Å²) in [6.07, 6.45) is 1.63. The Balaban J connectivity index is 0.00000341. The average Bonchev–Trinajstić information content (AvgIpc) is 2.77. The van der Waals surface area contributed by atoms with E-state index in [1.807, 2.05) is 4.90 Å². The Kier molecular flexibility index (Phi) is 12.0. The summed E-state index contributed by atoms with van der Waals surface area (Å²) in [4.78, 5) is 6.14. The van der Waals surface area contributed by atoms with Crippen molar-refractivity contribution in [2.45, 2.75) is 57.4 Å². The van der Waals surface area contributed by atoms with Crippen LogP contribution in [0.2, 0.25) is 0 Å². The first kappa shape index (κ1) is 26.2. The molecule has 2 N–H and O–H groups in total. The second kappa shape index (κ2) is 14.2. The summed E-state index contributed by atoms with van der Waals surface area (Å²) in [7, 11) is 1.75. The van der Waals surface area contributed by atoms with Crippen molar-refractivity contribution in [2.75, 3.05) is 39.9 Å². The summed E-state index contributed by atoms with van der Waals surface area (Å²) in [5, 5.41) is 6.78. The topological polar surface area (TPSA) is 58.1 Å². The van der Waals surface area contributed by atoms with Crippen LogP contribution in [0.1, 0.15) is 36.8 Å². The molecule has 0 atom stereocenters. The zero-order valence-electron chi connectivity index (χ0n) is 18.2. The van der Waals surface area contributed by atoms with Gasteiger partial charge in [0.05, 0.1) is 19.3 Å². The van der Waals surface area contributed by atoms with Crippen LogP contribution in [-0.4, -0.2) is 69.3 Å². The summed E-state index contributed by atoms with van der Waals surface area (Å²) in [5.74, 6) is 0.742. The minimum Gasteiger partial charge on any atom is -0.381 e. The van der Waals surface area contributed by atoms with Gasteiger partial charge in [0, 0.05) is 45.9 Å². The minimum absolute atomic E-state index is 0. The number of nitrogens with one attached hydrogen (secondary N) is 2. The second-order valence-electron chi connectivity index (χ2n) is 7.98. The minimum atomic E-state index is -2.26. The van der Waals surface area contributed by atoms with E-state index in [9.17, 15) is 8.78 Å². The lowest BCUT2D eigenvalue weighted by Gasteiger charge is -2.32. The molecule has 2 saturated heterocycles. The number of benzene rings is 1. The third kappa shape index (κ3) is 9.55. The third-order valence-electron chi connectivity index (χ3n) is 5.65. The van der Waals surface area contributed by atoms with E-state index in [2.05, 4.69) is 39.9 Å². The predicted octanol–water partition coefficient (Wildman–Crippen LogP) is 3.39.